The highest BCUT2D eigenvalue weighted by molar-refractivity contribution is 5.52. The number of rotatable bonds is 2. The predicted octanol–water partition coefficient (Wildman–Crippen LogP) is 3.65. The second-order valence-electron chi connectivity index (χ2n) is 4.42. The van der Waals surface area contributed by atoms with E-state index in [0.717, 1.165) is 24.3 Å². The summed E-state index contributed by atoms with van der Waals surface area (Å²) in [4.78, 5) is 0. The summed E-state index contributed by atoms with van der Waals surface area (Å²) in [5.74, 6) is -2.33. The lowest BCUT2D eigenvalue weighted by atomic mass is 9.97. The van der Waals surface area contributed by atoms with E-state index in [1.54, 1.807) is 0 Å². The maximum absolute atomic E-state index is 13.1. The van der Waals surface area contributed by atoms with Crippen molar-refractivity contribution in [1.29, 1.82) is 0 Å². The molecule has 3 N–H and O–H groups in total. The monoisotopic (exact) mass is 303 g/mol. The van der Waals surface area contributed by atoms with Gasteiger partial charge in [-0.15, -0.1) is 0 Å². The number of aliphatic hydroxyl groups is 1. The third-order valence-electron chi connectivity index (χ3n) is 2.97. The number of nitrogen functional groups attached to an aromatic ring is 1. The highest BCUT2D eigenvalue weighted by Crippen LogP contribution is 2.35. The van der Waals surface area contributed by atoms with Gasteiger partial charge in [0.1, 0.15) is 6.10 Å². The van der Waals surface area contributed by atoms with Crippen LogP contribution in [0.1, 0.15) is 22.8 Å². The summed E-state index contributed by atoms with van der Waals surface area (Å²) in [6, 6.07) is 5.01. The molecule has 0 amide bonds. The number of halogens is 5. The first-order valence-electron chi connectivity index (χ1n) is 5.80. The second kappa shape index (κ2) is 5.33. The summed E-state index contributed by atoms with van der Waals surface area (Å²) >= 11 is 0. The number of hydrogen-bond donors (Lipinski definition) is 2. The number of benzene rings is 2. The quantitative estimate of drug-likeness (QED) is 0.657. The Labute approximate surface area is 116 Å². The third kappa shape index (κ3) is 3.13. The van der Waals surface area contributed by atoms with Gasteiger partial charge in [0, 0.05) is 11.3 Å². The summed E-state index contributed by atoms with van der Waals surface area (Å²) in [6.45, 7) is 0. The highest BCUT2D eigenvalue weighted by Gasteiger charge is 2.31. The van der Waals surface area contributed by atoms with Crippen LogP contribution in [0.2, 0.25) is 0 Å². The van der Waals surface area contributed by atoms with Crippen molar-refractivity contribution in [3.63, 3.8) is 0 Å². The normalized spacial score (nSPS) is 13.2. The van der Waals surface area contributed by atoms with Crippen LogP contribution < -0.4 is 5.73 Å². The van der Waals surface area contributed by atoms with Gasteiger partial charge in [0.05, 0.1) is 5.56 Å². The molecule has 7 heteroatoms. The van der Waals surface area contributed by atoms with Crippen LogP contribution in [0.25, 0.3) is 0 Å². The van der Waals surface area contributed by atoms with E-state index in [-0.39, 0.29) is 16.8 Å². The first kappa shape index (κ1) is 15.2. The summed E-state index contributed by atoms with van der Waals surface area (Å²) in [5, 5.41) is 10.0. The van der Waals surface area contributed by atoms with Gasteiger partial charge in [0.15, 0.2) is 11.6 Å². The Bertz CT molecular complexity index is 669. The van der Waals surface area contributed by atoms with E-state index in [9.17, 15) is 27.1 Å². The number of alkyl halides is 3. The van der Waals surface area contributed by atoms with Gasteiger partial charge in [-0.25, -0.2) is 8.78 Å². The van der Waals surface area contributed by atoms with Crippen molar-refractivity contribution in [2.75, 3.05) is 5.73 Å². The molecule has 2 rings (SSSR count). The molecule has 0 saturated heterocycles. The van der Waals surface area contributed by atoms with Crippen LogP contribution in [0.15, 0.2) is 36.4 Å². The molecular formula is C14H10F5NO. The van der Waals surface area contributed by atoms with Crippen molar-refractivity contribution < 1.29 is 27.1 Å². The van der Waals surface area contributed by atoms with E-state index >= 15 is 0 Å². The van der Waals surface area contributed by atoms with E-state index < -0.39 is 29.5 Å². The number of aliphatic hydroxyl groups excluding tert-OH is 1. The van der Waals surface area contributed by atoms with Crippen LogP contribution >= 0.6 is 0 Å². The number of hydrogen-bond acceptors (Lipinski definition) is 2. The fraction of sp³-hybridized carbons (Fsp3) is 0.143. The van der Waals surface area contributed by atoms with Gasteiger partial charge >= 0.3 is 6.18 Å². The Kier molecular flexibility index (Phi) is 3.87. The molecule has 0 radical (unpaired) electrons. The van der Waals surface area contributed by atoms with Gasteiger partial charge in [-0.05, 0) is 35.9 Å². The van der Waals surface area contributed by atoms with Crippen molar-refractivity contribution in [1.82, 2.24) is 0 Å². The molecule has 0 aliphatic carbocycles. The van der Waals surface area contributed by atoms with Crippen molar-refractivity contribution in [3.8, 4) is 0 Å². The van der Waals surface area contributed by atoms with E-state index in [1.165, 1.54) is 0 Å². The number of anilines is 1. The second-order valence-corrected chi connectivity index (χ2v) is 4.42. The lowest BCUT2D eigenvalue weighted by Crippen LogP contribution is -2.10. The molecule has 2 nitrogen and oxygen atoms in total. The largest absolute Gasteiger partial charge is 0.416 e. The fourth-order valence-electron chi connectivity index (χ4n) is 1.85. The maximum Gasteiger partial charge on any atom is 0.416 e. The van der Waals surface area contributed by atoms with E-state index in [2.05, 4.69) is 0 Å². The Morgan fingerprint density at radius 1 is 0.952 bits per heavy atom. The minimum Gasteiger partial charge on any atom is -0.398 e. The predicted molar refractivity (Wildman–Crippen MR) is 66.3 cm³/mol. The van der Waals surface area contributed by atoms with Gasteiger partial charge in [-0.2, -0.15) is 13.2 Å². The molecule has 1 atom stereocenters. The first-order chi connectivity index (χ1) is 9.70. The van der Waals surface area contributed by atoms with Crippen molar-refractivity contribution >= 4 is 5.69 Å². The van der Waals surface area contributed by atoms with E-state index in [1.807, 2.05) is 0 Å². The molecule has 112 valence electrons. The summed E-state index contributed by atoms with van der Waals surface area (Å²) in [7, 11) is 0. The fourth-order valence-corrected chi connectivity index (χ4v) is 1.85. The van der Waals surface area contributed by atoms with Crippen LogP contribution in [0.5, 0.6) is 0 Å². The topological polar surface area (TPSA) is 46.2 Å². The molecule has 2 aromatic rings. The zero-order chi connectivity index (χ0) is 15.8. The molecule has 21 heavy (non-hydrogen) atoms. The molecule has 0 saturated carbocycles. The summed E-state index contributed by atoms with van der Waals surface area (Å²) in [6.07, 6.45) is -6.20. The SMILES string of the molecule is Nc1ccc(C(F)(F)F)cc1C(O)c1ccc(F)c(F)c1. The zero-order valence-electron chi connectivity index (χ0n) is 10.5. The van der Waals surface area contributed by atoms with Crippen LogP contribution in [0.3, 0.4) is 0 Å². The van der Waals surface area contributed by atoms with Crippen molar-refractivity contribution in [2.24, 2.45) is 0 Å². The van der Waals surface area contributed by atoms with E-state index in [4.69, 9.17) is 5.73 Å². The third-order valence-corrected chi connectivity index (χ3v) is 2.97. The van der Waals surface area contributed by atoms with Gasteiger partial charge in [0.2, 0.25) is 0 Å². The molecule has 0 fully saturated rings. The lowest BCUT2D eigenvalue weighted by molar-refractivity contribution is -0.137. The van der Waals surface area contributed by atoms with Gasteiger partial charge < -0.3 is 10.8 Å². The van der Waals surface area contributed by atoms with Crippen LogP contribution in [-0.2, 0) is 6.18 Å². The van der Waals surface area contributed by atoms with E-state index in [0.29, 0.717) is 12.1 Å². The molecule has 1 unspecified atom stereocenters. The highest BCUT2D eigenvalue weighted by atomic mass is 19.4. The molecule has 0 aliphatic rings. The Balaban J connectivity index is 2.47. The summed E-state index contributed by atoms with van der Waals surface area (Å²) in [5.41, 5.74) is 4.14. The molecule has 0 bridgehead atoms. The Morgan fingerprint density at radius 3 is 2.19 bits per heavy atom. The Morgan fingerprint density at radius 2 is 1.62 bits per heavy atom. The average molecular weight is 303 g/mol. The van der Waals surface area contributed by atoms with Crippen LogP contribution in [0.4, 0.5) is 27.6 Å². The smallest absolute Gasteiger partial charge is 0.398 e. The minimum atomic E-state index is -4.60. The number of nitrogens with two attached hydrogens (primary N) is 1. The molecule has 0 aliphatic heterocycles. The van der Waals surface area contributed by atoms with Crippen LogP contribution in [-0.4, -0.2) is 5.11 Å². The van der Waals surface area contributed by atoms with Gasteiger partial charge in [-0.1, -0.05) is 6.07 Å². The standard InChI is InChI=1S/C14H10F5NO/c15-10-3-1-7(5-11(10)16)13(21)9-6-8(14(17,18)19)2-4-12(9)20/h1-6,13,21H,20H2. The van der Waals surface area contributed by atoms with Gasteiger partial charge in [0.25, 0.3) is 0 Å². The van der Waals surface area contributed by atoms with Gasteiger partial charge in [-0.3, -0.25) is 0 Å². The maximum atomic E-state index is 13.1. The molecule has 0 aromatic heterocycles. The minimum absolute atomic E-state index is 0.0831. The molecule has 2 aromatic carbocycles. The molecular weight excluding hydrogens is 293 g/mol. The molecule has 0 heterocycles. The zero-order valence-corrected chi connectivity index (χ0v) is 10.5. The Hall–Kier alpha value is -2.15. The molecule has 0 spiro atoms. The first-order valence-corrected chi connectivity index (χ1v) is 5.80. The van der Waals surface area contributed by atoms with Crippen molar-refractivity contribution in [3.05, 3.63) is 64.7 Å². The average Bonchev–Trinajstić information content (AvgIpc) is 2.40. The summed E-state index contributed by atoms with van der Waals surface area (Å²) < 4.78 is 63.9. The van der Waals surface area contributed by atoms with Crippen LogP contribution in [0, 0.1) is 11.6 Å². The van der Waals surface area contributed by atoms with Crippen molar-refractivity contribution in [2.45, 2.75) is 12.3 Å². The lowest BCUT2D eigenvalue weighted by Gasteiger charge is -2.16.